The second-order valence-electron chi connectivity index (χ2n) is 5.29. The van der Waals surface area contributed by atoms with Crippen LogP contribution in [0.1, 0.15) is 15.9 Å². The lowest BCUT2D eigenvalue weighted by Crippen LogP contribution is -2.11. The Labute approximate surface area is 144 Å². The fraction of sp³-hybridized carbons (Fsp3) is 0.176. The minimum absolute atomic E-state index is 0.126. The van der Waals surface area contributed by atoms with E-state index in [4.69, 9.17) is 0 Å². The van der Waals surface area contributed by atoms with Crippen molar-refractivity contribution >= 4 is 23.4 Å². The third-order valence-electron chi connectivity index (χ3n) is 3.55. The largest absolute Gasteiger partial charge is 0.322 e. The van der Waals surface area contributed by atoms with Crippen molar-refractivity contribution in [3.05, 3.63) is 59.7 Å². The molecule has 0 unspecified atom stereocenters. The summed E-state index contributed by atoms with van der Waals surface area (Å²) < 4.78 is 1.60. The van der Waals surface area contributed by atoms with Crippen molar-refractivity contribution in [2.75, 3.05) is 11.6 Å². The molecule has 1 N–H and O–H groups in total. The minimum Gasteiger partial charge on any atom is -0.322 e. The maximum atomic E-state index is 12.3. The van der Waals surface area contributed by atoms with Crippen LogP contribution in [0.3, 0.4) is 0 Å². The molecule has 2 aromatic carbocycles. The van der Waals surface area contributed by atoms with E-state index in [2.05, 4.69) is 27.1 Å². The molecule has 3 aromatic rings. The van der Waals surface area contributed by atoms with Crippen molar-refractivity contribution in [3.8, 4) is 11.4 Å². The van der Waals surface area contributed by atoms with Crippen LogP contribution >= 0.6 is 11.8 Å². The number of hydrogen-bond donors (Lipinski definition) is 1. The van der Waals surface area contributed by atoms with Crippen LogP contribution in [0.4, 0.5) is 5.69 Å². The average Bonchev–Trinajstić information content (AvgIpc) is 3.02. The van der Waals surface area contributed by atoms with E-state index in [1.54, 1.807) is 23.5 Å². The smallest absolute Gasteiger partial charge is 0.255 e. The zero-order chi connectivity index (χ0) is 16.9. The molecule has 7 heteroatoms. The Bertz CT molecular complexity index is 827. The first kappa shape index (κ1) is 16.2. The molecule has 122 valence electrons. The predicted octanol–water partition coefficient (Wildman–Crippen LogP) is 2.99. The topological polar surface area (TPSA) is 72.7 Å². The van der Waals surface area contributed by atoms with Crippen LogP contribution in [0.2, 0.25) is 0 Å². The van der Waals surface area contributed by atoms with E-state index in [1.807, 2.05) is 48.5 Å². The minimum atomic E-state index is -0.126. The number of nitrogens with zero attached hydrogens (tertiary/aromatic N) is 4. The van der Waals surface area contributed by atoms with Gasteiger partial charge in [-0.3, -0.25) is 4.79 Å². The van der Waals surface area contributed by atoms with Crippen LogP contribution < -0.4 is 5.32 Å². The SMILES string of the molecule is CSCc1ccc(C(=O)Nc2ccc(-c3nnnn3C)cc2)cc1. The average molecular weight is 339 g/mol. The summed E-state index contributed by atoms with van der Waals surface area (Å²) in [5, 5.41) is 14.3. The predicted molar refractivity (Wildman–Crippen MR) is 95.8 cm³/mol. The number of anilines is 1. The van der Waals surface area contributed by atoms with Gasteiger partial charge in [0, 0.05) is 29.6 Å². The number of benzene rings is 2. The summed E-state index contributed by atoms with van der Waals surface area (Å²) in [6, 6.07) is 15.1. The standard InChI is InChI=1S/C17H17N5OS/c1-22-16(19-20-21-22)13-7-9-15(10-8-13)18-17(23)14-5-3-12(4-6-14)11-24-2/h3-10H,11H2,1-2H3,(H,18,23). The number of nitrogens with one attached hydrogen (secondary N) is 1. The van der Waals surface area contributed by atoms with Crippen molar-refractivity contribution in [2.45, 2.75) is 5.75 Å². The molecule has 0 aliphatic carbocycles. The number of amides is 1. The first-order valence-corrected chi connectivity index (χ1v) is 8.79. The maximum absolute atomic E-state index is 12.3. The van der Waals surface area contributed by atoms with Crippen LogP contribution in [0.15, 0.2) is 48.5 Å². The van der Waals surface area contributed by atoms with Gasteiger partial charge in [-0.05, 0) is 58.6 Å². The third kappa shape index (κ3) is 3.62. The summed E-state index contributed by atoms with van der Waals surface area (Å²) in [6.45, 7) is 0. The number of rotatable bonds is 5. The first-order chi connectivity index (χ1) is 11.7. The maximum Gasteiger partial charge on any atom is 0.255 e. The highest BCUT2D eigenvalue weighted by Gasteiger charge is 2.08. The van der Waals surface area contributed by atoms with Crippen LogP contribution in [-0.2, 0) is 12.8 Å². The summed E-state index contributed by atoms with van der Waals surface area (Å²) in [7, 11) is 1.78. The Morgan fingerprint density at radius 1 is 1.12 bits per heavy atom. The van der Waals surface area contributed by atoms with E-state index in [9.17, 15) is 4.79 Å². The molecule has 0 aliphatic rings. The molecule has 24 heavy (non-hydrogen) atoms. The van der Waals surface area contributed by atoms with E-state index in [-0.39, 0.29) is 5.91 Å². The molecule has 1 amide bonds. The lowest BCUT2D eigenvalue weighted by Gasteiger charge is -2.07. The molecule has 1 aromatic heterocycles. The van der Waals surface area contributed by atoms with Gasteiger partial charge in [0.05, 0.1) is 0 Å². The molecule has 0 bridgehead atoms. The van der Waals surface area contributed by atoms with Gasteiger partial charge in [0.1, 0.15) is 0 Å². The van der Waals surface area contributed by atoms with E-state index >= 15 is 0 Å². The van der Waals surface area contributed by atoms with Gasteiger partial charge in [-0.15, -0.1) is 5.10 Å². The number of carbonyl (C=O) groups excluding carboxylic acids is 1. The number of aryl methyl sites for hydroxylation is 1. The van der Waals surface area contributed by atoms with Crippen LogP contribution in [0, 0.1) is 0 Å². The van der Waals surface area contributed by atoms with Crippen molar-refractivity contribution in [2.24, 2.45) is 7.05 Å². The number of hydrogen-bond acceptors (Lipinski definition) is 5. The quantitative estimate of drug-likeness (QED) is 0.773. The molecule has 1 heterocycles. The van der Waals surface area contributed by atoms with Gasteiger partial charge in [-0.25, -0.2) is 4.68 Å². The molecule has 3 rings (SSSR count). The van der Waals surface area contributed by atoms with Gasteiger partial charge in [0.2, 0.25) is 0 Å². The van der Waals surface area contributed by atoms with Crippen molar-refractivity contribution in [1.82, 2.24) is 20.2 Å². The fourth-order valence-electron chi connectivity index (χ4n) is 2.30. The Morgan fingerprint density at radius 2 is 1.83 bits per heavy atom. The summed E-state index contributed by atoms with van der Waals surface area (Å²) in [5.41, 5.74) is 3.47. The van der Waals surface area contributed by atoms with Crippen LogP contribution in [0.5, 0.6) is 0 Å². The fourth-order valence-corrected chi connectivity index (χ4v) is 2.82. The molecule has 0 saturated heterocycles. The molecule has 0 atom stereocenters. The zero-order valence-corrected chi connectivity index (χ0v) is 14.2. The second kappa shape index (κ2) is 7.27. The molecule has 6 nitrogen and oxygen atoms in total. The van der Waals surface area contributed by atoms with Crippen LogP contribution in [0.25, 0.3) is 11.4 Å². The molecule has 0 aliphatic heterocycles. The van der Waals surface area contributed by atoms with E-state index in [1.165, 1.54) is 5.56 Å². The van der Waals surface area contributed by atoms with Crippen LogP contribution in [-0.4, -0.2) is 32.4 Å². The molecular formula is C17H17N5OS. The molecule has 0 radical (unpaired) electrons. The summed E-state index contributed by atoms with van der Waals surface area (Å²) >= 11 is 1.76. The summed E-state index contributed by atoms with van der Waals surface area (Å²) in [5.74, 6) is 1.50. The Hall–Kier alpha value is -2.67. The Kier molecular flexibility index (Phi) is 4.90. The molecule has 0 saturated carbocycles. The molecular weight excluding hydrogens is 322 g/mol. The van der Waals surface area contributed by atoms with Gasteiger partial charge < -0.3 is 5.32 Å². The Morgan fingerprint density at radius 3 is 2.42 bits per heavy atom. The molecule has 0 fully saturated rings. The van der Waals surface area contributed by atoms with Gasteiger partial charge in [0.15, 0.2) is 5.82 Å². The van der Waals surface area contributed by atoms with Crippen molar-refractivity contribution < 1.29 is 4.79 Å². The van der Waals surface area contributed by atoms with Crippen molar-refractivity contribution in [3.63, 3.8) is 0 Å². The normalized spacial score (nSPS) is 10.6. The summed E-state index contributed by atoms with van der Waals surface area (Å²) in [6.07, 6.45) is 2.06. The number of thioether (sulfide) groups is 1. The van der Waals surface area contributed by atoms with E-state index < -0.39 is 0 Å². The van der Waals surface area contributed by atoms with E-state index in [0.29, 0.717) is 11.4 Å². The number of aromatic nitrogens is 4. The lowest BCUT2D eigenvalue weighted by molar-refractivity contribution is 0.102. The van der Waals surface area contributed by atoms with Gasteiger partial charge in [-0.2, -0.15) is 11.8 Å². The monoisotopic (exact) mass is 339 g/mol. The highest BCUT2D eigenvalue weighted by Crippen LogP contribution is 2.19. The summed E-state index contributed by atoms with van der Waals surface area (Å²) in [4.78, 5) is 12.3. The Balaban J connectivity index is 1.69. The van der Waals surface area contributed by atoms with Gasteiger partial charge >= 0.3 is 0 Å². The highest BCUT2D eigenvalue weighted by molar-refractivity contribution is 7.97. The zero-order valence-electron chi connectivity index (χ0n) is 13.4. The third-order valence-corrected chi connectivity index (χ3v) is 4.17. The molecule has 0 spiro atoms. The lowest BCUT2D eigenvalue weighted by atomic mass is 10.1. The first-order valence-electron chi connectivity index (χ1n) is 7.39. The van der Waals surface area contributed by atoms with Gasteiger partial charge in [-0.1, -0.05) is 12.1 Å². The second-order valence-corrected chi connectivity index (χ2v) is 6.15. The van der Waals surface area contributed by atoms with E-state index in [0.717, 1.165) is 17.0 Å². The van der Waals surface area contributed by atoms with Crippen molar-refractivity contribution in [1.29, 1.82) is 0 Å². The number of tetrazole rings is 1. The number of carbonyl (C=O) groups is 1. The highest BCUT2D eigenvalue weighted by atomic mass is 32.2. The van der Waals surface area contributed by atoms with Gasteiger partial charge in [0.25, 0.3) is 5.91 Å².